The van der Waals surface area contributed by atoms with E-state index in [0.29, 0.717) is 13.2 Å². The molecule has 0 saturated carbocycles. The molecule has 0 radical (unpaired) electrons. The maximum atomic E-state index is 5.68. The molecule has 3 nitrogen and oxygen atoms in total. The summed E-state index contributed by atoms with van der Waals surface area (Å²) in [4.78, 5) is 0. The number of hydrogen-bond donors (Lipinski definition) is 1. The summed E-state index contributed by atoms with van der Waals surface area (Å²) in [7, 11) is 1.97. The summed E-state index contributed by atoms with van der Waals surface area (Å²) in [5.41, 5.74) is 3.61. The highest BCUT2D eigenvalue weighted by atomic mass is 79.9. The van der Waals surface area contributed by atoms with E-state index in [2.05, 4.69) is 58.5 Å². The average Bonchev–Trinajstić information content (AvgIpc) is 2.50. The number of benzene rings is 2. The second-order valence-electron chi connectivity index (χ2n) is 5.15. The highest BCUT2D eigenvalue weighted by Crippen LogP contribution is 2.36. The monoisotopic (exact) mass is 347 g/mol. The number of halogens is 1. The molecule has 0 bridgehead atoms. The summed E-state index contributed by atoms with van der Waals surface area (Å²) in [5.74, 6) is 1.64. The minimum Gasteiger partial charge on any atom is -0.486 e. The number of ether oxygens (including phenoxy) is 2. The maximum absolute atomic E-state index is 5.68. The molecule has 1 heterocycles. The van der Waals surface area contributed by atoms with Gasteiger partial charge in [0.1, 0.15) is 13.2 Å². The van der Waals surface area contributed by atoms with E-state index in [0.717, 1.165) is 21.5 Å². The second-order valence-corrected chi connectivity index (χ2v) is 6.00. The van der Waals surface area contributed by atoms with E-state index >= 15 is 0 Å². The van der Waals surface area contributed by atoms with Gasteiger partial charge in [0, 0.05) is 4.47 Å². The van der Waals surface area contributed by atoms with Crippen LogP contribution in [-0.2, 0) is 0 Å². The van der Waals surface area contributed by atoms with Gasteiger partial charge in [-0.3, -0.25) is 0 Å². The number of rotatable bonds is 3. The Labute approximate surface area is 133 Å². The lowest BCUT2D eigenvalue weighted by molar-refractivity contribution is 0.171. The molecule has 1 atom stereocenters. The van der Waals surface area contributed by atoms with Gasteiger partial charge >= 0.3 is 0 Å². The molecular weight excluding hydrogens is 330 g/mol. The first kappa shape index (κ1) is 14.4. The Bertz CT molecular complexity index is 657. The summed E-state index contributed by atoms with van der Waals surface area (Å²) in [5, 5.41) is 3.38. The van der Waals surface area contributed by atoms with E-state index in [9.17, 15) is 0 Å². The molecule has 1 N–H and O–H groups in total. The third-order valence-electron chi connectivity index (χ3n) is 3.66. The van der Waals surface area contributed by atoms with Crippen LogP contribution in [0.5, 0.6) is 11.5 Å². The Morgan fingerprint density at radius 1 is 1.05 bits per heavy atom. The van der Waals surface area contributed by atoms with E-state index in [1.54, 1.807) is 0 Å². The summed E-state index contributed by atoms with van der Waals surface area (Å²) in [6.07, 6.45) is 0. The van der Waals surface area contributed by atoms with Crippen molar-refractivity contribution >= 4 is 15.9 Å². The fraction of sp³-hybridized carbons (Fsp3) is 0.294. The Morgan fingerprint density at radius 2 is 1.81 bits per heavy atom. The van der Waals surface area contributed by atoms with E-state index in [1.807, 2.05) is 13.1 Å². The third-order valence-corrected chi connectivity index (χ3v) is 4.34. The average molecular weight is 348 g/mol. The van der Waals surface area contributed by atoms with Crippen molar-refractivity contribution in [1.29, 1.82) is 0 Å². The van der Waals surface area contributed by atoms with Gasteiger partial charge in [-0.25, -0.2) is 0 Å². The summed E-state index contributed by atoms with van der Waals surface area (Å²) in [6.45, 7) is 3.31. The Kier molecular flexibility index (Phi) is 4.17. The Hall–Kier alpha value is -1.52. The van der Waals surface area contributed by atoms with Crippen molar-refractivity contribution in [2.24, 2.45) is 0 Å². The van der Waals surface area contributed by atoms with E-state index < -0.39 is 0 Å². The van der Waals surface area contributed by atoms with Gasteiger partial charge in [0.15, 0.2) is 11.5 Å². The number of aryl methyl sites for hydroxylation is 1. The van der Waals surface area contributed by atoms with Gasteiger partial charge < -0.3 is 14.8 Å². The van der Waals surface area contributed by atoms with Crippen molar-refractivity contribution in [2.75, 3.05) is 20.3 Å². The Balaban J connectivity index is 1.99. The van der Waals surface area contributed by atoms with E-state index in [4.69, 9.17) is 9.47 Å². The quantitative estimate of drug-likeness (QED) is 0.914. The van der Waals surface area contributed by atoms with Crippen molar-refractivity contribution in [3.63, 3.8) is 0 Å². The van der Waals surface area contributed by atoms with E-state index in [1.165, 1.54) is 11.1 Å². The SMILES string of the molecule is CNC(c1ccc2c(c1)OCCO2)c1ccc(C)cc1Br. The van der Waals surface area contributed by atoms with Crippen molar-refractivity contribution in [3.05, 3.63) is 57.6 Å². The van der Waals surface area contributed by atoms with Gasteiger partial charge in [0.25, 0.3) is 0 Å². The zero-order valence-corrected chi connectivity index (χ0v) is 13.7. The summed E-state index contributed by atoms with van der Waals surface area (Å²) < 4.78 is 12.4. The zero-order chi connectivity index (χ0) is 14.8. The molecule has 1 aliphatic rings. The standard InChI is InChI=1S/C17H18BrNO2/c1-11-3-5-13(14(18)9-11)17(19-2)12-4-6-15-16(10-12)21-8-7-20-15/h3-6,9-10,17,19H,7-8H2,1-2H3. The minimum atomic E-state index is 0.107. The molecule has 0 amide bonds. The molecule has 0 aromatic heterocycles. The van der Waals surface area contributed by atoms with Crippen LogP contribution in [0.15, 0.2) is 40.9 Å². The molecule has 2 aromatic rings. The van der Waals surface area contributed by atoms with Crippen LogP contribution in [0.1, 0.15) is 22.7 Å². The molecule has 110 valence electrons. The van der Waals surface area contributed by atoms with Crippen molar-refractivity contribution in [3.8, 4) is 11.5 Å². The zero-order valence-electron chi connectivity index (χ0n) is 12.2. The lowest BCUT2D eigenvalue weighted by Gasteiger charge is -2.23. The van der Waals surface area contributed by atoms with Crippen LogP contribution in [0.4, 0.5) is 0 Å². The van der Waals surface area contributed by atoms with Gasteiger partial charge in [-0.2, -0.15) is 0 Å². The van der Waals surface area contributed by atoms with Gasteiger partial charge in [-0.15, -0.1) is 0 Å². The highest BCUT2D eigenvalue weighted by Gasteiger charge is 2.19. The van der Waals surface area contributed by atoms with Crippen molar-refractivity contribution in [1.82, 2.24) is 5.32 Å². The largest absolute Gasteiger partial charge is 0.486 e. The number of hydrogen-bond acceptors (Lipinski definition) is 3. The minimum absolute atomic E-state index is 0.107. The lowest BCUT2D eigenvalue weighted by Crippen LogP contribution is -2.20. The fourth-order valence-corrected chi connectivity index (χ4v) is 3.33. The van der Waals surface area contributed by atoms with Gasteiger partial charge in [0.2, 0.25) is 0 Å². The molecule has 4 heteroatoms. The molecule has 0 fully saturated rings. The van der Waals surface area contributed by atoms with Crippen LogP contribution in [0, 0.1) is 6.92 Å². The van der Waals surface area contributed by atoms with Crippen LogP contribution in [-0.4, -0.2) is 20.3 Å². The lowest BCUT2D eigenvalue weighted by atomic mass is 9.97. The molecule has 0 spiro atoms. The van der Waals surface area contributed by atoms with Crippen molar-refractivity contribution < 1.29 is 9.47 Å². The first-order valence-electron chi connectivity index (χ1n) is 7.02. The van der Waals surface area contributed by atoms with Crippen LogP contribution in [0.25, 0.3) is 0 Å². The van der Waals surface area contributed by atoms with Crippen LogP contribution in [0.3, 0.4) is 0 Å². The van der Waals surface area contributed by atoms with Gasteiger partial charge in [-0.1, -0.05) is 34.1 Å². The Morgan fingerprint density at radius 3 is 2.52 bits per heavy atom. The number of nitrogens with one attached hydrogen (secondary N) is 1. The second kappa shape index (κ2) is 6.08. The van der Waals surface area contributed by atoms with Gasteiger partial charge in [0.05, 0.1) is 6.04 Å². The molecule has 0 saturated heterocycles. The summed E-state index contributed by atoms with van der Waals surface area (Å²) >= 11 is 3.66. The normalized spacial score (nSPS) is 14.8. The fourth-order valence-electron chi connectivity index (χ4n) is 2.61. The first-order chi connectivity index (χ1) is 10.2. The number of fused-ring (bicyclic) bond motifs is 1. The smallest absolute Gasteiger partial charge is 0.161 e. The van der Waals surface area contributed by atoms with Crippen LogP contribution >= 0.6 is 15.9 Å². The highest BCUT2D eigenvalue weighted by molar-refractivity contribution is 9.10. The van der Waals surface area contributed by atoms with Gasteiger partial charge in [-0.05, 0) is 48.9 Å². The molecule has 0 aliphatic carbocycles. The van der Waals surface area contributed by atoms with Crippen molar-refractivity contribution in [2.45, 2.75) is 13.0 Å². The predicted molar refractivity (Wildman–Crippen MR) is 87.2 cm³/mol. The molecular formula is C17H18BrNO2. The molecule has 2 aromatic carbocycles. The van der Waals surface area contributed by atoms with Crippen LogP contribution < -0.4 is 14.8 Å². The molecule has 1 aliphatic heterocycles. The molecule has 21 heavy (non-hydrogen) atoms. The predicted octanol–water partition coefficient (Wildman–Crippen LogP) is 3.84. The third kappa shape index (κ3) is 2.92. The first-order valence-corrected chi connectivity index (χ1v) is 7.81. The molecule has 3 rings (SSSR count). The summed E-state index contributed by atoms with van der Waals surface area (Å²) in [6, 6.07) is 12.6. The molecule has 1 unspecified atom stereocenters. The topological polar surface area (TPSA) is 30.5 Å². The van der Waals surface area contributed by atoms with Crippen LogP contribution in [0.2, 0.25) is 0 Å². The van der Waals surface area contributed by atoms with E-state index in [-0.39, 0.29) is 6.04 Å². The maximum Gasteiger partial charge on any atom is 0.161 e.